The molecule has 0 unspecified atom stereocenters. The molecule has 25 nitrogen and oxygen atoms in total. The van der Waals surface area contributed by atoms with Gasteiger partial charge in [0, 0.05) is 37.0 Å². The summed E-state index contributed by atoms with van der Waals surface area (Å²) in [5.74, 6) is 1.11. The summed E-state index contributed by atoms with van der Waals surface area (Å²) in [4.78, 5) is 49.4. The lowest BCUT2D eigenvalue weighted by Gasteiger charge is -2.40. The number of anilines is 1. The molecule has 5 rings (SSSR count). The van der Waals surface area contributed by atoms with Gasteiger partial charge in [-0.2, -0.15) is 11.8 Å². The summed E-state index contributed by atoms with van der Waals surface area (Å²) in [5, 5.41) is 19.5. The summed E-state index contributed by atoms with van der Waals surface area (Å²) < 4.78 is 76.6. The maximum Gasteiger partial charge on any atom is 0.315 e. The number of nitrogens with one attached hydrogen (secondary N) is 3. The molecule has 78 heavy (non-hydrogen) atoms. The summed E-state index contributed by atoms with van der Waals surface area (Å²) in [6, 6.07) is 0.379. The Morgan fingerprint density at radius 2 is 1.28 bits per heavy atom. The van der Waals surface area contributed by atoms with Crippen molar-refractivity contribution in [2.75, 3.05) is 163 Å². The van der Waals surface area contributed by atoms with Gasteiger partial charge in [-0.15, -0.1) is 0 Å². The van der Waals surface area contributed by atoms with E-state index in [1.165, 1.54) is 6.33 Å². The smallest absolute Gasteiger partial charge is 0.315 e. The summed E-state index contributed by atoms with van der Waals surface area (Å²) in [6.07, 6.45) is 4.10. The number of aliphatic hydroxyl groups is 1. The molecule has 3 amide bonds. The highest BCUT2D eigenvalue weighted by atomic mass is 32.2. The van der Waals surface area contributed by atoms with Gasteiger partial charge in [-0.25, -0.2) is 19.7 Å². The Morgan fingerprint density at radius 3 is 1.82 bits per heavy atom. The van der Waals surface area contributed by atoms with Gasteiger partial charge in [-0.05, 0) is 37.4 Å². The van der Waals surface area contributed by atoms with Crippen LogP contribution in [-0.4, -0.2) is 244 Å². The number of ether oxygens (including phenoxy) is 12. The maximum absolute atomic E-state index is 13.0. The molecule has 3 fully saturated rings. The van der Waals surface area contributed by atoms with E-state index in [4.69, 9.17) is 67.0 Å². The van der Waals surface area contributed by atoms with Crippen LogP contribution >= 0.6 is 11.8 Å². The van der Waals surface area contributed by atoms with Crippen LogP contribution in [0.5, 0.6) is 0 Å². The second kappa shape index (κ2) is 37.0. The van der Waals surface area contributed by atoms with Gasteiger partial charge >= 0.3 is 6.03 Å². The first kappa shape index (κ1) is 65.6. The number of hydrogen-bond donors (Lipinski definition) is 5. The number of rotatable bonds is 46. The van der Waals surface area contributed by atoms with Gasteiger partial charge in [-0.1, -0.05) is 27.2 Å². The number of carbonyl (C=O) groups excluding carboxylic acids is 3. The Kier molecular flexibility index (Phi) is 31.1. The van der Waals surface area contributed by atoms with E-state index >= 15 is 0 Å². The number of amides is 3. The van der Waals surface area contributed by atoms with Crippen LogP contribution < -0.4 is 21.7 Å². The minimum Gasteiger partial charge on any atom is -0.408 e. The molecule has 5 heterocycles. The normalized spacial score (nSPS) is 21.4. The van der Waals surface area contributed by atoms with Crippen LogP contribution in [0, 0.1) is 0 Å². The minimum absolute atomic E-state index is 0.0337. The largest absolute Gasteiger partial charge is 0.408 e. The number of urea groups is 1. The van der Waals surface area contributed by atoms with Crippen molar-refractivity contribution >= 4 is 54.8 Å². The Labute approximate surface area is 464 Å². The molecule has 2 aromatic heterocycles. The average Bonchev–Trinajstić information content (AvgIpc) is 4.31. The van der Waals surface area contributed by atoms with E-state index in [9.17, 15) is 19.5 Å². The maximum atomic E-state index is 13.0. The molecule has 0 spiro atoms. The van der Waals surface area contributed by atoms with E-state index in [1.54, 1.807) is 10.9 Å². The van der Waals surface area contributed by atoms with Gasteiger partial charge in [-0.3, -0.25) is 14.2 Å². The highest BCUT2D eigenvalue weighted by Crippen LogP contribution is 2.43. The van der Waals surface area contributed by atoms with Crippen molar-refractivity contribution in [3.8, 4) is 0 Å². The lowest BCUT2D eigenvalue weighted by molar-refractivity contribution is -0.130. The van der Waals surface area contributed by atoms with Crippen molar-refractivity contribution in [2.24, 2.45) is 0 Å². The monoisotopic (exact) mass is 1150 g/mol. The molecule has 6 N–H and O–H groups in total. The topological polar surface area (TPSA) is 297 Å². The van der Waals surface area contributed by atoms with Crippen LogP contribution in [0.25, 0.3) is 11.2 Å². The zero-order chi connectivity index (χ0) is 55.9. The van der Waals surface area contributed by atoms with E-state index in [2.05, 4.69) is 64.8 Å². The molecule has 0 aromatic carbocycles. The number of carbonyl (C=O) groups is 3. The van der Waals surface area contributed by atoms with Crippen molar-refractivity contribution in [2.45, 2.75) is 119 Å². The predicted octanol–water partition coefficient (Wildman–Crippen LogP) is 2.43. The van der Waals surface area contributed by atoms with E-state index < -0.39 is 32.9 Å². The number of ketones is 1. The second-order valence-electron chi connectivity index (χ2n) is 20.4. The molecule has 3 aliphatic heterocycles. The summed E-state index contributed by atoms with van der Waals surface area (Å²) in [5.41, 5.74) is 6.91. The Bertz CT molecular complexity index is 1990. The number of unbranched alkanes of at least 4 members (excludes halogenated alkanes) is 1. The van der Waals surface area contributed by atoms with E-state index in [0.717, 1.165) is 25.0 Å². The van der Waals surface area contributed by atoms with E-state index in [1.807, 2.05) is 11.8 Å². The Morgan fingerprint density at radius 1 is 0.744 bits per heavy atom. The molecule has 0 radical (unpaired) electrons. The molecule has 27 heteroatoms. The van der Waals surface area contributed by atoms with Crippen LogP contribution in [0.15, 0.2) is 12.7 Å². The lowest BCUT2D eigenvalue weighted by atomic mass is 10.0. The molecular weight excluding hydrogens is 1060 g/mol. The third-order valence-electron chi connectivity index (χ3n) is 13.5. The fraction of sp³-hybridized carbons (Fsp3) is 0.843. The Balaban J connectivity index is 0.721. The number of imidazole rings is 1. The molecular formula is C51H90N8O17SSi. The Hall–Kier alpha value is -3.23. The molecule has 3 aliphatic rings. The molecule has 3 saturated heterocycles. The van der Waals surface area contributed by atoms with Crippen molar-refractivity contribution < 1.29 is 80.8 Å². The third-order valence-corrected chi connectivity index (χ3v) is 19.5. The molecule has 0 bridgehead atoms. The van der Waals surface area contributed by atoms with Crippen LogP contribution in [-0.2, 0) is 70.9 Å². The lowest BCUT2D eigenvalue weighted by Crippen LogP contribution is -2.50. The van der Waals surface area contributed by atoms with E-state index in [0.29, 0.717) is 168 Å². The van der Waals surface area contributed by atoms with Crippen LogP contribution in [0.3, 0.4) is 0 Å². The summed E-state index contributed by atoms with van der Waals surface area (Å²) >= 11 is 1.90. The number of nitrogen functional groups attached to an aromatic ring is 1. The highest BCUT2D eigenvalue weighted by Gasteiger charge is 2.52. The van der Waals surface area contributed by atoms with Gasteiger partial charge < -0.3 is 88.1 Å². The number of nitrogens with two attached hydrogens (primary N) is 1. The van der Waals surface area contributed by atoms with Crippen LogP contribution in [0.2, 0.25) is 18.1 Å². The van der Waals surface area contributed by atoms with Gasteiger partial charge in [0.2, 0.25) is 5.91 Å². The quantitative estimate of drug-likeness (QED) is 0.0361. The standard InChI is InChI=1S/C51H90N8O17SSi/c1-51(2,3)78(4,5)76-45-40(33-60)75-49(59-37-56-44-47(52)54-36-55-48(44)59)46(45)74-34-38(61)9-8-13-64-15-17-66-19-21-68-23-25-70-27-29-72-31-32-73-30-28-71-26-24-69-22-20-67-18-16-65-14-12-53-42(62)11-7-6-10-41-43-39(35-77-41)57-50(63)58-43/h36-37,39-41,43,45-46,49,60H,6-35H2,1-5H3,(H,53,62)(H2,52,54,55)(H2,57,58,63)/t39-,40+,41-,43-,45+,46+,49+/m0/s1. The van der Waals surface area contributed by atoms with Gasteiger partial charge in [0.15, 0.2) is 31.8 Å². The SMILES string of the molecule is CC(C)(C)[Si](C)(C)O[C@H]1[C@@H](OCC(=O)CCCOCCOCCOCCOCCOCCOCCOCCOCCOCCOCCNC(=O)CCCC[C@@H]2SC[C@@H]3NC(=O)N[C@@H]32)[C@H](n2cnc3c(N)ncnc32)O[C@@H]1CO. The molecule has 0 saturated carbocycles. The summed E-state index contributed by atoms with van der Waals surface area (Å²) in [7, 11) is -2.36. The van der Waals surface area contributed by atoms with Gasteiger partial charge in [0.05, 0.1) is 151 Å². The van der Waals surface area contributed by atoms with Crippen molar-refractivity contribution in [1.82, 2.24) is 35.5 Å². The molecule has 7 atom stereocenters. The number of hydrogen-bond acceptors (Lipinski definition) is 22. The minimum atomic E-state index is -2.36. The first-order valence-corrected chi connectivity index (χ1v) is 31.5. The fourth-order valence-corrected chi connectivity index (χ4v) is 11.2. The predicted molar refractivity (Wildman–Crippen MR) is 292 cm³/mol. The van der Waals surface area contributed by atoms with Crippen molar-refractivity contribution in [1.29, 1.82) is 0 Å². The average molecular weight is 1150 g/mol. The number of aliphatic hydroxyl groups excluding tert-OH is 1. The number of thioether (sulfide) groups is 1. The molecule has 446 valence electrons. The number of aromatic nitrogens is 4. The number of fused-ring (bicyclic) bond motifs is 2. The zero-order valence-electron chi connectivity index (χ0n) is 46.7. The van der Waals surface area contributed by atoms with Gasteiger partial charge in [0.25, 0.3) is 0 Å². The van der Waals surface area contributed by atoms with Crippen LogP contribution in [0.4, 0.5) is 10.6 Å². The van der Waals surface area contributed by atoms with Crippen molar-refractivity contribution in [3.05, 3.63) is 12.7 Å². The fourth-order valence-electron chi connectivity index (χ4n) is 8.31. The first-order valence-electron chi connectivity index (χ1n) is 27.5. The zero-order valence-corrected chi connectivity index (χ0v) is 48.5. The number of Topliss-reactive ketones (excluding diaryl/α,β-unsaturated/α-hetero) is 1. The second-order valence-corrected chi connectivity index (χ2v) is 26.5. The van der Waals surface area contributed by atoms with E-state index in [-0.39, 0.29) is 60.3 Å². The van der Waals surface area contributed by atoms with Gasteiger partial charge in [0.1, 0.15) is 36.8 Å². The highest BCUT2D eigenvalue weighted by molar-refractivity contribution is 8.00. The third kappa shape index (κ3) is 23.7. The van der Waals surface area contributed by atoms with Crippen LogP contribution in [0.1, 0.15) is 65.5 Å². The molecule has 2 aromatic rings. The summed E-state index contributed by atoms with van der Waals surface area (Å²) in [6.45, 7) is 19.5. The molecule has 0 aliphatic carbocycles. The first-order chi connectivity index (χ1) is 37.8. The number of nitrogens with zero attached hydrogens (tertiary/aromatic N) is 4. The van der Waals surface area contributed by atoms with Crippen molar-refractivity contribution in [3.63, 3.8) is 0 Å².